The van der Waals surface area contributed by atoms with Crippen LogP contribution in [0.2, 0.25) is 0 Å². The molecule has 0 saturated carbocycles. The summed E-state index contributed by atoms with van der Waals surface area (Å²) in [6.07, 6.45) is 6.90. The summed E-state index contributed by atoms with van der Waals surface area (Å²) < 4.78 is 13.9. The van der Waals surface area contributed by atoms with Gasteiger partial charge in [-0.25, -0.2) is 4.39 Å². The number of nitrogens with zero attached hydrogens (tertiary/aromatic N) is 2. The van der Waals surface area contributed by atoms with Crippen LogP contribution in [0, 0.1) is 5.82 Å². The summed E-state index contributed by atoms with van der Waals surface area (Å²) in [6.45, 7) is 3.02. The van der Waals surface area contributed by atoms with Crippen LogP contribution in [0.25, 0.3) is 0 Å². The molecular formula is C15H17BrFN3. The van der Waals surface area contributed by atoms with Crippen molar-refractivity contribution >= 4 is 15.9 Å². The van der Waals surface area contributed by atoms with Crippen molar-refractivity contribution in [2.75, 3.05) is 6.54 Å². The van der Waals surface area contributed by atoms with E-state index in [-0.39, 0.29) is 11.9 Å². The van der Waals surface area contributed by atoms with Gasteiger partial charge < -0.3 is 5.32 Å². The predicted molar refractivity (Wildman–Crippen MR) is 80.9 cm³/mol. The smallest absolute Gasteiger partial charge is 0.124 e. The van der Waals surface area contributed by atoms with Gasteiger partial charge in [0, 0.05) is 23.1 Å². The molecule has 2 aromatic rings. The van der Waals surface area contributed by atoms with E-state index in [0.717, 1.165) is 35.1 Å². The molecule has 5 heteroatoms. The summed E-state index contributed by atoms with van der Waals surface area (Å²) in [5.74, 6) is -0.238. The molecule has 1 aromatic carbocycles. The SMILES string of the molecule is CCCNC(Cc1ccc(F)cc1Br)c1cnccn1. The van der Waals surface area contributed by atoms with Crippen LogP contribution in [0.3, 0.4) is 0 Å². The van der Waals surface area contributed by atoms with E-state index in [1.165, 1.54) is 12.1 Å². The molecule has 1 atom stereocenters. The fourth-order valence-corrected chi connectivity index (χ4v) is 2.51. The summed E-state index contributed by atoms with van der Waals surface area (Å²) in [6, 6.07) is 4.85. The Morgan fingerprint density at radius 2 is 2.20 bits per heavy atom. The minimum Gasteiger partial charge on any atom is -0.308 e. The second-order valence-corrected chi connectivity index (χ2v) is 5.43. The molecule has 2 rings (SSSR count). The Kier molecular flexibility index (Phi) is 5.61. The molecule has 0 aliphatic carbocycles. The average Bonchev–Trinajstić information content (AvgIpc) is 2.46. The lowest BCUT2D eigenvalue weighted by molar-refractivity contribution is 0.514. The van der Waals surface area contributed by atoms with Crippen molar-refractivity contribution in [3.8, 4) is 0 Å². The van der Waals surface area contributed by atoms with Gasteiger partial charge in [-0.2, -0.15) is 0 Å². The fraction of sp³-hybridized carbons (Fsp3) is 0.333. The van der Waals surface area contributed by atoms with Crippen LogP contribution in [-0.4, -0.2) is 16.5 Å². The van der Waals surface area contributed by atoms with Crippen molar-refractivity contribution in [1.82, 2.24) is 15.3 Å². The maximum Gasteiger partial charge on any atom is 0.124 e. The van der Waals surface area contributed by atoms with Crippen LogP contribution in [0.4, 0.5) is 4.39 Å². The zero-order chi connectivity index (χ0) is 14.4. The first-order valence-electron chi connectivity index (χ1n) is 6.64. The Morgan fingerprint density at radius 3 is 2.85 bits per heavy atom. The molecule has 106 valence electrons. The Hall–Kier alpha value is -1.33. The van der Waals surface area contributed by atoms with Crippen molar-refractivity contribution in [2.24, 2.45) is 0 Å². The summed E-state index contributed by atoms with van der Waals surface area (Å²) >= 11 is 3.41. The van der Waals surface area contributed by atoms with E-state index < -0.39 is 0 Å². The molecule has 1 N–H and O–H groups in total. The summed E-state index contributed by atoms with van der Waals surface area (Å²) in [5.41, 5.74) is 1.95. The summed E-state index contributed by atoms with van der Waals surface area (Å²) in [5, 5.41) is 3.46. The lowest BCUT2D eigenvalue weighted by Crippen LogP contribution is -2.25. The standard InChI is InChI=1S/C15H17BrFN3/c1-2-5-19-14(15-10-18-6-7-20-15)8-11-3-4-12(17)9-13(11)16/h3-4,6-7,9-10,14,19H,2,5,8H2,1H3. The second kappa shape index (κ2) is 7.45. The Balaban J connectivity index is 2.19. The molecule has 0 saturated heterocycles. The third-order valence-corrected chi connectivity index (χ3v) is 3.76. The Bertz CT molecular complexity index is 548. The number of nitrogens with one attached hydrogen (secondary N) is 1. The molecule has 1 aromatic heterocycles. The zero-order valence-electron chi connectivity index (χ0n) is 11.3. The summed E-state index contributed by atoms with van der Waals surface area (Å²) in [4.78, 5) is 8.48. The highest BCUT2D eigenvalue weighted by Crippen LogP contribution is 2.23. The quantitative estimate of drug-likeness (QED) is 0.873. The van der Waals surface area contributed by atoms with Crippen molar-refractivity contribution in [3.63, 3.8) is 0 Å². The third-order valence-electron chi connectivity index (χ3n) is 3.02. The monoisotopic (exact) mass is 337 g/mol. The fourth-order valence-electron chi connectivity index (χ4n) is 2.00. The van der Waals surface area contributed by atoms with Gasteiger partial charge in [-0.15, -0.1) is 0 Å². The van der Waals surface area contributed by atoms with E-state index >= 15 is 0 Å². The van der Waals surface area contributed by atoms with E-state index in [2.05, 4.69) is 38.1 Å². The molecule has 0 spiro atoms. The average molecular weight is 338 g/mol. The molecule has 1 heterocycles. The van der Waals surface area contributed by atoms with Gasteiger partial charge in [0.25, 0.3) is 0 Å². The van der Waals surface area contributed by atoms with Crippen LogP contribution >= 0.6 is 15.9 Å². The first kappa shape index (κ1) is 15.1. The number of hydrogen-bond acceptors (Lipinski definition) is 3. The molecule has 0 radical (unpaired) electrons. The molecule has 1 unspecified atom stereocenters. The molecular weight excluding hydrogens is 321 g/mol. The van der Waals surface area contributed by atoms with Gasteiger partial charge >= 0.3 is 0 Å². The maximum atomic E-state index is 13.1. The summed E-state index contributed by atoms with van der Waals surface area (Å²) in [7, 11) is 0. The number of aromatic nitrogens is 2. The predicted octanol–water partition coefficient (Wildman–Crippen LogP) is 3.66. The molecule has 0 aliphatic rings. The highest BCUT2D eigenvalue weighted by Gasteiger charge is 2.15. The first-order valence-corrected chi connectivity index (χ1v) is 7.43. The van der Waals surface area contributed by atoms with Gasteiger partial charge in [-0.1, -0.05) is 28.9 Å². The largest absolute Gasteiger partial charge is 0.308 e. The highest BCUT2D eigenvalue weighted by molar-refractivity contribution is 9.10. The Morgan fingerprint density at radius 1 is 1.35 bits per heavy atom. The van der Waals surface area contributed by atoms with E-state index in [0.29, 0.717) is 0 Å². The van der Waals surface area contributed by atoms with E-state index in [1.54, 1.807) is 24.7 Å². The van der Waals surface area contributed by atoms with Crippen LogP contribution in [0.1, 0.15) is 30.6 Å². The molecule has 0 bridgehead atoms. The van der Waals surface area contributed by atoms with E-state index in [9.17, 15) is 4.39 Å². The maximum absolute atomic E-state index is 13.1. The topological polar surface area (TPSA) is 37.8 Å². The minimum absolute atomic E-state index is 0.0745. The molecule has 0 aliphatic heterocycles. The zero-order valence-corrected chi connectivity index (χ0v) is 12.9. The number of halogens is 2. The van der Waals surface area contributed by atoms with Gasteiger partial charge in [0.05, 0.1) is 11.7 Å². The van der Waals surface area contributed by atoms with Crippen molar-refractivity contribution < 1.29 is 4.39 Å². The lowest BCUT2D eigenvalue weighted by atomic mass is 10.0. The van der Waals surface area contributed by atoms with Gasteiger partial charge in [0.1, 0.15) is 5.82 Å². The van der Waals surface area contributed by atoms with E-state index in [4.69, 9.17) is 0 Å². The number of hydrogen-bond donors (Lipinski definition) is 1. The van der Waals surface area contributed by atoms with Gasteiger partial charge in [0.2, 0.25) is 0 Å². The molecule has 20 heavy (non-hydrogen) atoms. The molecule has 3 nitrogen and oxygen atoms in total. The van der Waals surface area contributed by atoms with Crippen LogP contribution in [0.15, 0.2) is 41.3 Å². The molecule has 0 fully saturated rings. The Labute approximate surface area is 126 Å². The van der Waals surface area contributed by atoms with Crippen LogP contribution in [-0.2, 0) is 6.42 Å². The van der Waals surface area contributed by atoms with Crippen molar-refractivity contribution in [2.45, 2.75) is 25.8 Å². The van der Waals surface area contributed by atoms with Gasteiger partial charge in [0.15, 0.2) is 0 Å². The number of benzene rings is 1. The number of rotatable bonds is 6. The van der Waals surface area contributed by atoms with Crippen molar-refractivity contribution in [1.29, 1.82) is 0 Å². The third kappa shape index (κ3) is 4.08. The van der Waals surface area contributed by atoms with Crippen LogP contribution < -0.4 is 5.32 Å². The van der Waals surface area contributed by atoms with Crippen molar-refractivity contribution in [3.05, 3.63) is 58.3 Å². The highest BCUT2D eigenvalue weighted by atomic mass is 79.9. The van der Waals surface area contributed by atoms with Gasteiger partial charge in [-0.05, 0) is 37.1 Å². The second-order valence-electron chi connectivity index (χ2n) is 4.58. The normalized spacial score (nSPS) is 12.3. The van der Waals surface area contributed by atoms with Crippen LogP contribution in [0.5, 0.6) is 0 Å². The first-order chi connectivity index (χ1) is 9.70. The van der Waals surface area contributed by atoms with Gasteiger partial charge in [-0.3, -0.25) is 9.97 Å². The molecule has 0 amide bonds. The minimum atomic E-state index is -0.238. The lowest BCUT2D eigenvalue weighted by Gasteiger charge is -2.18. The van der Waals surface area contributed by atoms with E-state index in [1.807, 2.05) is 0 Å².